The Morgan fingerprint density at radius 3 is 2.53 bits per heavy atom. The summed E-state index contributed by atoms with van der Waals surface area (Å²) in [7, 11) is -0.880. The summed E-state index contributed by atoms with van der Waals surface area (Å²) >= 11 is 6.75. The Bertz CT molecular complexity index is 2680. The summed E-state index contributed by atoms with van der Waals surface area (Å²) in [6, 6.07) is 9.73. The van der Waals surface area contributed by atoms with Crippen molar-refractivity contribution in [2.45, 2.75) is 68.3 Å². The van der Waals surface area contributed by atoms with Gasteiger partial charge in [-0.1, -0.05) is 23.6 Å². The monoisotopic (exact) mass is 856 g/mol. The zero-order chi connectivity index (χ0) is 42.2. The molecule has 59 heavy (non-hydrogen) atoms. The Labute approximate surface area is 341 Å². The van der Waals surface area contributed by atoms with Gasteiger partial charge in [0.15, 0.2) is 5.78 Å². The van der Waals surface area contributed by atoms with E-state index in [1.807, 2.05) is 6.92 Å². The predicted molar refractivity (Wildman–Crippen MR) is 212 cm³/mol. The number of ketones is 1. The summed E-state index contributed by atoms with van der Waals surface area (Å²) in [6.45, 7) is 2.60. The van der Waals surface area contributed by atoms with Gasteiger partial charge in [-0.3, -0.25) is 18.4 Å². The van der Waals surface area contributed by atoms with E-state index in [0.29, 0.717) is 63.2 Å². The van der Waals surface area contributed by atoms with Crippen molar-refractivity contribution in [2.75, 3.05) is 26.0 Å². The van der Waals surface area contributed by atoms with Gasteiger partial charge >= 0.3 is 0 Å². The van der Waals surface area contributed by atoms with Gasteiger partial charge in [0.05, 0.1) is 34.3 Å². The standard InChI is InChI=1S/C42H39ClF6N6O3S/c1-41(21-50-11-12-58-41)10-9-26-5-6-28(29-7-8-32(43)35-33(20-59(3,4)57)52-54(2)38(29)35)36(51-26)23(13-22-14-24(44)17-25(45)15-22)16-27(56)19-55-39-34(37(53-55)40(46)47)30-18-31(30)42(39,48)49/h5-8,14-15,17,23,30-31,40,50H,3,11-13,16,18-21H2,1-2,4H3/t23-,30+,31-,41-,59?/m1/s1. The molecule has 0 spiro atoms. The van der Waals surface area contributed by atoms with Crippen molar-refractivity contribution in [3.63, 3.8) is 0 Å². The van der Waals surface area contributed by atoms with E-state index in [0.717, 1.165) is 12.1 Å². The summed E-state index contributed by atoms with van der Waals surface area (Å²) in [4.78, 5) is 19.1. The largest absolute Gasteiger partial charge is 0.360 e. The second kappa shape index (κ2) is 15.1. The third-order valence-corrected chi connectivity index (χ3v) is 12.2. The summed E-state index contributed by atoms with van der Waals surface area (Å²) in [5, 5.41) is 12.6. The normalized spacial score (nSPS) is 22.1. The Kier molecular flexibility index (Phi) is 10.5. The molecule has 1 saturated heterocycles. The van der Waals surface area contributed by atoms with Crippen LogP contribution in [0.25, 0.3) is 22.0 Å². The predicted octanol–water partition coefficient (Wildman–Crippen LogP) is 7.47. The van der Waals surface area contributed by atoms with E-state index in [1.165, 1.54) is 6.26 Å². The first-order valence-electron chi connectivity index (χ1n) is 18.9. The zero-order valence-electron chi connectivity index (χ0n) is 32.2. The van der Waals surface area contributed by atoms with Gasteiger partial charge in [-0.2, -0.15) is 19.0 Å². The number of nitrogens with zero attached hydrogens (tertiary/aromatic N) is 5. The highest BCUT2D eigenvalue weighted by Gasteiger charge is 2.67. The van der Waals surface area contributed by atoms with Crippen molar-refractivity contribution < 1.29 is 40.1 Å². The fraction of sp³-hybridized carbons (Fsp3) is 0.405. The summed E-state index contributed by atoms with van der Waals surface area (Å²) in [5.74, 6) is 1.31. The molecule has 17 heteroatoms. The van der Waals surface area contributed by atoms with Crippen molar-refractivity contribution in [1.82, 2.24) is 29.9 Å². The number of alkyl halides is 4. The van der Waals surface area contributed by atoms with Crippen LogP contribution in [-0.2, 0) is 50.7 Å². The van der Waals surface area contributed by atoms with Crippen molar-refractivity contribution in [2.24, 2.45) is 13.0 Å². The van der Waals surface area contributed by atoms with Gasteiger partial charge in [0.25, 0.3) is 12.3 Å². The van der Waals surface area contributed by atoms with Crippen LogP contribution in [0.5, 0.6) is 0 Å². The number of pyridine rings is 1. The number of carbonyl (C=O) groups is 1. The van der Waals surface area contributed by atoms with Crippen molar-refractivity contribution in [3.8, 4) is 23.0 Å². The number of benzene rings is 2. The molecule has 3 aromatic heterocycles. The first kappa shape index (κ1) is 41.1. The molecule has 5 atom stereocenters. The lowest BCUT2D eigenvalue weighted by Gasteiger charge is -2.29. The Balaban J connectivity index is 1.28. The molecule has 310 valence electrons. The SMILES string of the molecule is C=S(C)(=O)Cc1nn(C)c2c(-c3ccc(C#C[C@]4(C)CNCCO4)nc3[C@@H](CC(=O)Cn3nc(C(F)F)c4c3C(F)(F)[C@@H]3C[C@H]43)Cc3cc(F)cc(F)c3)ccc(Cl)c12. The number of nitrogens with one attached hydrogen (secondary N) is 1. The maximum atomic E-state index is 15.5. The minimum absolute atomic E-state index is 0.0239. The van der Waals surface area contributed by atoms with Gasteiger partial charge in [0, 0.05) is 72.8 Å². The maximum absolute atomic E-state index is 15.5. The first-order chi connectivity index (χ1) is 27.8. The highest BCUT2D eigenvalue weighted by molar-refractivity contribution is 7.98. The molecule has 1 aliphatic heterocycles. The zero-order valence-corrected chi connectivity index (χ0v) is 33.8. The third kappa shape index (κ3) is 8.02. The van der Waals surface area contributed by atoms with E-state index >= 15 is 8.78 Å². The topological polar surface area (TPSA) is 104 Å². The summed E-state index contributed by atoms with van der Waals surface area (Å²) in [5.41, 5.74) is 0.183. The van der Waals surface area contributed by atoms with E-state index in [4.69, 9.17) is 21.3 Å². The molecule has 1 N–H and O–H groups in total. The first-order valence-corrected chi connectivity index (χ1v) is 21.6. The number of morpholine rings is 1. The third-order valence-electron chi connectivity index (χ3n) is 11.0. The highest BCUT2D eigenvalue weighted by Crippen LogP contribution is 2.68. The van der Waals surface area contributed by atoms with Crippen LogP contribution < -0.4 is 5.32 Å². The van der Waals surface area contributed by atoms with E-state index in [-0.39, 0.29) is 41.1 Å². The fourth-order valence-corrected chi connectivity index (χ4v) is 9.56. The molecule has 0 bridgehead atoms. The number of aryl methyl sites for hydroxylation is 1. The van der Waals surface area contributed by atoms with Crippen molar-refractivity contribution in [1.29, 1.82) is 0 Å². The van der Waals surface area contributed by atoms with Crippen LogP contribution in [0.3, 0.4) is 0 Å². The molecule has 2 aliphatic carbocycles. The van der Waals surface area contributed by atoms with Crippen LogP contribution >= 0.6 is 11.6 Å². The fourth-order valence-electron chi connectivity index (χ4n) is 8.51. The molecular formula is C42H39ClF6N6O3S. The van der Waals surface area contributed by atoms with Crippen LogP contribution in [0.15, 0.2) is 42.5 Å². The van der Waals surface area contributed by atoms with Crippen molar-refractivity contribution >= 4 is 43.7 Å². The van der Waals surface area contributed by atoms with Gasteiger partial charge in [-0.15, -0.1) is 0 Å². The number of aromatic nitrogens is 5. The summed E-state index contributed by atoms with van der Waals surface area (Å²) < 4.78 is 110. The number of fused-ring (bicyclic) bond motifs is 4. The van der Waals surface area contributed by atoms with Gasteiger partial charge in [0.2, 0.25) is 0 Å². The van der Waals surface area contributed by atoms with Gasteiger partial charge in [0.1, 0.15) is 40.9 Å². The smallest absolute Gasteiger partial charge is 0.293 e. The Morgan fingerprint density at radius 1 is 1.12 bits per heavy atom. The Hall–Kier alpha value is -4.69. The van der Waals surface area contributed by atoms with Crippen molar-refractivity contribution in [3.05, 3.63) is 98.7 Å². The van der Waals surface area contributed by atoms with Gasteiger partial charge < -0.3 is 10.1 Å². The number of hydrogen-bond acceptors (Lipinski definition) is 7. The van der Waals surface area contributed by atoms with E-state index in [1.54, 1.807) is 36.0 Å². The molecule has 4 heterocycles. The van der Waals surface area contributed by atoms with Crippen LogP contribution in [0.2, 0.25) is 5.02 Å². The lowest BCUT2D eigenvalue weighted by Crippen LogP contribution is -2.46. The number of carbonyl (C=O) groups excluding carboxylic acids is 1. The minimum atomic E-state index is -3.45. The van der Waals surface area contributed by atoms with Crippen LogP contribution in [-0.4, -0.2) is 72.0 Å². The van der Waals surface area contributed by atoms with Crippen LogP contribution in [0.1, 0.15) is 77.6 Å². The van der Waals surface area contributed by atoms with Crippen LogP contribution in [0.4, 0.5) is 26.3 Å². The molecule has 3 aliphatic rings. The number of ether oxygens (including phenoxy) is 1. The summed E-state index contributed by atoms with van der Waals surface area (Å²) in [6.07, 6.45) is -2.14. The molecule has 0 radical (unpaired) electrons. The lowest BCUT2D eigenvalue weighted by atomic mass is 9.86. The second-order valence-corrected chi connectivity index (χ2v) is 19.0. The second-order valence-electron chi connectivity index (χ2n) is 16.0. The average molecular weight is 857 g/mol. The molecule has 5 aromatic rings. The van der Waals surface area contributed by atoms with E-state index in [2.05, 4.69) is 33.2 Å². The quantitative estimate of drug-likeness (QED) is 0.0836. The van der Waals surface area contributed by atoms with Gasteiger partial charge in [-0.25, -0.2) is 22.5 Å². The Morgan fingerprint density at radius 2 is 1.85 bits per heavy atom. The lowest BCUT2D eigenvalue weighted by molar-refractivity contribution is -0.120. The molecule has 1 unspecified atom stereocenters. The number of hydrogen-bond donors (Lipinski definition) is 1. The van der Waals surface area contributed by atoms with Crippen LogP contribution in [0, 0.1) is 29.4 Å². The molecule has 2 fully saturated rings. The average Bonchev–Trinajstić information content (AvgIpc) is 3.69. The van der Waals surface area contributed by atoms with E-state index < -0.39 is 87.0 Å². The number of halogens is 7. The van der Waals surface area contributed by atoms with E-state index in [9.17, 15) is 26.6 Å². The van der Waals surface area contributed by atoms with Gasteiger partial charge in [-0.05, 0) is 82.9 Å². The number of rotatable bonds is 11. The molecule has 9 nitrogen and oxygen atoms in total. The molecule has 1 saturated carbocycles. The molecule has 0 amide bonds. The molecular weight excluding hydrogens is 818 g/mol. The maximum Gasteiger partial charge on any atom is 0.293 e. The molecule has 2 aromatic carbocycles. The highest BCUT2D eigenvalue weighted by atomic mass is 35.5. The minimum Gasteiger partial charge on any atom is -0.360 e. The molecule has 8 rings (SSSR count). The number of Topliss-reactive ketones (excluding diaryl/α,β-unsaturated/α-hetero) is 1.